The summed E-state index contributed by atoms with van der Waals surface area (Å²) >= 11 is 0. The van der Waals surface area contributed by atoms with E-state index in [1.807, 2.05) is 54.6 Å². The van der Waals surface area contributed by atoms with Crippen LogP contribution in [0.1, 0.15) is 24.0 Å². The van der Waals surface area contributed by atoms with Gasteiger partial charge in [-0.1, -0.05) is 24.3 Å². The lowest BCUT2D eigenvalue weighted by Crippen LogP contribution is -2.38. The molecule has 0 saturated carbocycles. The minimum atomic E-state index is -0.882. The fraction of sp³-hybridized carbons (Fsp3) is 0.333. The molecule has 1 saturated heterocycles. The number of nitrogens with one attached hydrogen (secondary N) is 1. The summed E-state index contributed by atoms with van der Waals surface area (Å²) in [4.78, 5) is 19.8. The summed E-state index contributed by atoms with van der Waals surface area (Å²) in [5.74, 6) is 2.26. The van der Waals surface area contributed by atoms with Gasteiger partial charge in [0.2, 0.25) is 0 Å². The lowest BCUT2D eigenvalue weighted by atomic mass is 10.1. The molecule has 1 amide bonds. The van der Waals surface area contributed by atoms with Crippen molar-refractivity contribution < 1.29 is 19.4 Å². The zero-order chi connectivity index (χ0) is 25.5. The van der Waals surface area contributed by atoms with Gasteiger partial charge >= 0.3 is 6.09 Å². The Bertz CT molecular complexity index is 1100. The van der Waals surface area contributed by atoms with Gasteiger partial charge in [-0.3, -0.25) is 0 Å². The van der Waals surface area contributed by atoms with Crippen molar-refractivity contribution in [1.82, 2.24) is 9.88 Å². The third-order valence-corrected chi connectivity index (χ3v) is 6.48. The average molecular weight is 492 g/mol. The molecule has 1 atom stereocenters. The summed E-state index contributed by atoms with van der Waals surface area (Å²) in [6.45, 7) is 2.24. The van der Waals surface area contributed by atoms with Crippen molar-refractivity contribution in [3.05, 3.63) is 71.9 Å². The Hall–Kier alpha value is -4.14. The molecule has 3 aromatic rings. The molecule has 0 aliphatic carbocycles. The Labute approximate surface area is 211 Å². The van der Waals surface area contributed by atoms with Gasteiger partial charge in [0.1, 0.15) is 11.5 Å². The molecular weight excluding hydrogens is 458 g/mol. The lowest BCUT2D eigenvalue weighted by molar-refractivity contribution is 0.142. The summed E-state index contributed by atoms with van der Waals surface area (Å²) in [5, 5.41) is 12.8. The molecular formula is C27H33N5O4. The number of nitrogen functional groups attached to an aromatic ring is 1. The minimum Gasteiger partial charge on any atom is -0.497 e. The molecule has 1 aliphatic heterocycles. The highest BCUT2D eigenvalue weighted by Crippen LogP contribution is 2.31. The highest BCUT2D eigenvalue weighted by atomic mass is 16.5. The smallest absolute Gasteiger partial charge is 0.407 e. The number of rotatable bonds is 10. The molecule has 1 aliphatic rings. The first kappa shape index (κ1) is 25.0. The molecule has 0 radical (unpaired) electrons. The summed E-state index contributed by atoms with van der Waals surface area (Å²) < 4.78 is 10.6. The predicted octanol–water partition coefficient (Wildman–Crippen LogP) is 4.44. The van der Waals surface area contributed by atoms with E-state index in [9.17, 15) is 9.90 Å². The van der Waals surface area contributed by atoms with Gasteiger partial charge in [-0.05, 0) is 54.3 Å². The van der Waals surface area contributed by atoms with Crippen LogP contribution in [0.15, 0.2) is 60.8 Å². The van der Waals surface area contributed by atoms with Crippen molar-refractivity contribution in [2.24, 2.45) is 0 Å². The van der Waals surface area contributed by atoms with E-state index in [1.54, 1.807) is 20.4 Å². The van der Waals surface area contributed by atoms with E-state index >= 15 is 0 Å². The fourth-order valence-corrected chi connectivity index (χ4v) is 4.50. The number of carbonyl (C=O) groups is 1. The first-order valence-electron chi connectivity index (χ1n) is 12.0. The van der Waals surface area contributed by atoms with Gasteiger partial charge in [-0.2, -0.15) is 0 Å². The minimum absolute atomic E-state index is 0.0757. The lowest BCUT2D eigenvalue weighted by Gasteiger charge is -2.27. The zero-order valence-corrected chi connectivity index (χ0v) is 20.7. The van der Waals surface area contributed by atoms with E-state index in [0.717, 1.165) is 41.2 Å². The number of hydrogen-bond donors (Lipinski definition) is 3. The van der Waals surface area contributed by atoms with Gasteiger partial charge < -0.3 is 35.4 Å². The largest absolute Gasteiger partial charge is 0.497 e. The van der Waals surface area contributed by atoms with Gasteiger partial charge in [-0.15, -0.1) is 0 Å². The van der Waals surface area contributed by atoms with E-state index < -0.39 is 6.09 Å². The van der Waals surface area contributed by atoms with Crippen molar-refractivity contribution in [2.75, 3.05) is 43.3 Å². The molecule has 9 nitrogen and oxygen atoms in total. The van der Waals surface area contributed by atoms with Crippen molar-refractivity contribution in [1.29, 1.82) is 0 Å². The Kier molecular flexibility index (Phi) is 7.99. The number of pyridine rings is 1. The van der Waals surface area contributed by atoms with Crippen LogP contribution in [0.4, 0.5) is 22.0 Å². The number of carboxylic acid groups (broad SMARTS) is 1. The first-order valence-corrected chi connectivity index (χ1v) is 12.0. The zero-order valence-electron chi connectivity index (χ0n) is 20.7. The van der Waals surface area contributed by atoms with Gasteiger partial charge in [0, 0.05) is 32.4 Å². The molecule has 1 fully saturated rings. The molecule has 4 rings (SSSR count). The number of nitrogens with zero attached hydrogens (tertiary/aromatic N) is 3. The number of methoxy groups -OCH3 is 2. The Morgan fingerprint density at radius 1 is 1.06 bits per heavy atom. The van der Waals surface area contributed by atoms with Crippen LogP contribution in [0.3, 0.4) is 0 Å². The number of aromatic nitrogens is 1. The molecule has 9 heteroatoms. The second-order valence-electron chi connectivity index (χ2n) is 8.80. The average Bonchev–Trinajstić information content (AvgIpc) is 3.38. The van der Waals surface area contributed by atoms with Crippen LogP contribution >= 0.6 is 0 Å². The maximum Gasteiger partial charge on any atom is 0.407 e. The number of benzene rings is 2. The molecule has 0 spiro atoms. The van der Waals surface area contributed by atoms with Gasteiger partial charge in [-0.25, -0.2) is 9.78 Å². The Morgan fingerprint density at radius 3 is 2.17 bits per heavy atom. The van der Waals surface area contributed by atoms with Crippen LogP contribution in [0.25, 0.3) is 0 Å². The first-order chi connectivity index (χ1) is 17.5. The predicted molar refractivity (Wildman–Crippen MR) is 141 cm³/mol. The molecule has 36 heavy (non-hydrogen) atoms. The molecule has 4 N–H and O–H groups in total. The quantitative estimate of drug-likeness (QED) is 0.381. The third kappa shape index (κ3) is 5.91. The van der Waals surface area contributed by atoms with Crippen LogP contribution < -0.4 is 25.4 Å². The number of hydrogen-bond acceptors (Lipinski definition) is 7. The van der Waals surface area contributed by atoms with Gasteiger partial charge in [0.25, 0.3) is 0 Å². The SMILES string of the molecule is COc1ccc(CN(Cc2ccc(OC)cc2)c2nccc(NCC3CCCN3C(=O)O)c2N)cc1. The Morgan fingerprint density at radius 2 is 1.64 bits per heavy atom. The number of likely N-dealkylation sites (tertiary alicyclic amines) is 1. The topological polar surface area (TPSA) is 113 Å². The molecule has 190 valence electrons. The molecule has 0 bridgehead atoms. The molecule has 1 aromatic heterocycles. The van der Waals surface area contributed by atoms with Crippen LogP contribution in [0.2, 0.25) is 0 Å². The standard InChI is InChI=1S/C27H33N5O4/c1-35-22-9-5-19(6-10-22)17-31(18-20-7-11-23(36-2)12-8-20)26-25(28)24(13-14-29-26)30-16-21-4-3-15-32(21)27(33)34/h5-14,21H,3-4,15-18,28H2,1-2H3,(H,29,30)(H,33,34). The summed E-state index contributed by atoms with van der Waals surface area (Å²) in [6.07, 6.45) is 2.55. The number of nitrogens with two attached hydrogens (primary N) is 1. The van der Waals surface area contributed by atoms with E-state index in [2.05, 4.69) is 15.2 Å². The summed E-state index contributed by atoms with van der Waals surface area (Å²) in [7, 11) is 3.30. The van der Waals surface area contributed by atoms with E-state index in [0.29, 0.717) is 37.7 Å². The van der Waals surface area contributed by atoms with E-state index in [1.165, 1.54) is 4.90 Å². The van der Waals surface area contributed by atoms with E-state index in [4.69, 9.17) is 15.2 Å². The second-order valence-corrected chi connectivity index (χ2v) is 8.80. The van der Waals surface area contributed by atoms with Crippen molar-refractivity contribution in [3.63, 3.8) is 0 Å². The normalized spacial score (nSPS) is 14.9. The second kappa shape index (κ2) is 11.5. The maximum absolute atomic E-state index is 11.5. The van der Waals surface area contributed by atoms with E-state index in [-0.39, 0.29) is 6.04 Å². The van der Waals surface area contributed by atoms with Crippen LogP contribution in [0.5, 0.6) is 11.5 Å². The number of ether oxygens (including phenoxy) is 2. The van der Waals surface area contributed by atoms with Crippen LogP contribution in [-0.2, 0) is 13.1 Å². The molecule has 1 unspecified atom stereocenters. The van der Waals surface area contributed by atoms with Crippen LogP contribution in [0, 0.1) is 0 Å². The molecule has 2 aromatic carbocycles. The van der Waals surface area contributed by atoms with Crippen molar-refractivity contribution in [3.8, 4) is 11.5 Å². The summed E-state index contributed by atoms with van der Waals surface area (Å²) in [6, 6.07) is 17.6. The monoisotopic (exact) mass is 491 g/mol. The number of amides is 1. The highest BCUT2D eigenvalue weighted by Gasteiger charge is 2.28. The third-order valence-electron chi connectivity index (χ3n) is 6.48. The van der Waals surface area contributed by atoms with Gasteiger partial charge in [0.05, 0.1) is 31.6 Å². The fourth-order valence-electron chi connectivity index (χ4n) is 4.50. The maximum atomic E-state index is 11.5. The van der Waals surface area contributed by atoms with Crippen LogP contribution in [-0.4, -0.2) is 54.4 Å². The van der Waals surface area contributed by atoms with Gasteiger partial charge in [0.15, 0.2) is 5.82 Å². The Balaban J connectivity index is 1.57. The molecule has 2 heterocycles. The van der Waals surface area contributed by atoms with Crippen molar-refractivity contribution >= 4 is 23.3 Å². The number of anilines is 3. The summed E-state index contributed by atoms with van der Waals surface area (Å²) in [5.41, 5.74) is 10.1. The van der Waals surface area contributed by atoms with Crippen molar-refractivity contribution in [2.45, 2.75) is 32.0 Å². The highest BCUT2D eigenvalue weighted by molar-refractivity contribution is 5.78.